The number of fused-ring (bicyclic) bond motifs is 1. The number of aromatic amines is 1. The van der Waals surface area contributed by atoms with Gasteiger partial charge in [-0.3, -0.25) is 4.98 Å². The molecule has 1 aromatic carbocycles. The average molecular weight is 276 g/mol. The van der Waals surface area contributed by atoms with Gasteiger partial charge in [0.25, 0.3) is 0 Å². The number of hydrogen-bond acceptors (Lipinski definition) is 4. The second-order valence-corrected chi connectivity index (χ2v) is 4.74. The third kappa shape index (κ3) is 2.67. The van der Waals surface area contributed by atoms with Crippen molar-refractivity contribution in [1.29, 1.82) is 0 Å². The monoisotopic (exact) mass is 276 g/mol. The molecule has 0 radical (unpaired) electrons. The van der Waals surface area contributed by atoms with Crippen LogP contribution in [0.2, 0.25) is 0 Å². The molecular formula is C13H16N4O3. The van der Waals surface area contributed by atoms with Crippen LogP contribution in [0, 0.1) is 0 Å². The summed E-state index contributed by atoms with van der Waals surface area (Å²) >= 11 is 0. The van der Waals surface area contributed by atoms with Crippen molar-refractivity contribution >= 4 is 17.1 Å². The third-order valence-electron chi connectivity index (χ3n) is 3.33. The van der Waals surface area contributed by atoms with E-state index in [0.717, 1.165) is 31.7 Å². The summed E-state index contributed by atoms with van der Waals surface area (Å²) in [6.45, 7) is 3.52. The highest BCUT2D eigenvalue weighted by molar-refractivity contribution is 5.75. The van der Waals surface area contributed by atoms with E-state index in [0.29, 0.717) is 17.6 Å². The van der Waals surface area contributed by atoms with Crippen molar-refractivity contribution < 1.29 is 9.21 Å². The van der Waals surface area contributed by atoms with Crippen molar-refractivity contribution in [3.05, 3.63) is 34.3 Å². The second-order valence-electron chi connectivity index (χ2n) is 4.74. The lowest BCUT2D eigenvalue weighted by Crippen LogP contribution is -2.50. The van der Waals surface area contributed by atoms with E-state index in [1.54, 1.807) is 17.0 Å². The minimum absolute atomic E-state index is 0.0627. The number of urea groups is 1. The molecule has 3 rings (SSSR count). The Hall–Kier alpha value is -2.28. The number of nitrogens with zero attached hydrogens (tertiary/aromatic N) is 1. The minimum Gasteiger partial charge on any atom is -0.408 e. The Labute approximate surface area is 114 Å². The molecule has 106 valence electrons. The largest absolute Gasteiger partial charge is 0.417 e. The third-order valence-corrected chi connectivity index (χ3v) is 3.33. The smallest absolute Gasteiger partial charge is 0.408 e. The van der Waals surface area contributed by atoms with Gasteiger partial charge in [-0.05, 0) is 17.7 Å². The van der Waals surface area contributed by atoms with Crippen LogP contribution in [0.25, 0.3) is 11.1 Å². The number of hydrogen-bond donors (Lipinski definition) is 3. The fourth-order valence-electron chi connectivity index (χ4n) is 2.27. The van der Waals surface area contributed by atoms with Crippen molar-refractivity contribution in [3.8, 4) is 0 Å². The molecule has 1 aliphatic heterocycles. The van der Waals surface area contributed by atoms with Gasteiger partial charge in [-0.25, -0.2) is 9.59 Å². The van der Waals surface area contributed by atoms with Crippen molar-refractivity contribution in [2.75, 3.05) is 26.2 Å². The highest BCUT2D eigenvalue weighted by Gasteiger charge is 2.15. The van der Waals surface area contributed by atoms with Crippen LogP contribution in [0.3, 0.4) is 0 Å². The van der Waals surface area contributed by atoms with Gasteiger partial charge in [-0.15, -0.1) is 0 Å². The van der Waals surface area contributed by atoms with Crippen molar-refractivity contribution in [3.63, 3.8) is 0 Å². The fourth-order valence-corrected chi connectivity index (χ4v) is 2.27. The number of carbonyl (C=O) groups excluding carboxylic acids is 1. The van der Waals surface area contributed by atoms with E-state index in [1.165, 1.54) is 0 Å². The number of benzene rings is 1. The Morgan fingerprint density at radius 1 is 1.35 bits per heavy atom. The Kier molecular flexibility index (Phi) is 3.42. The molecule has 20 heavy (non-hydrogen) atoms. The molecule has 1 fully saturated rings. The van der Waals surface area contributed by atoms with E-state index in [4.69, 9.17) is 4.42 Å². The summed E-state index contributed by atoms with van der Waals surface area (Å²) in [5.74, 6) is -0.470. The number of rotatable bonds is 2. The maximum Gasteiger partial charge on any atom is 0.417 e. The maximum absolute atomic E-state index is 11.9. The van der Waals surface area contributed by atoms with Gasteiger partial charge in [0.2, 0.25) is 0 Å². The van der Waals surface area contributed by atoms with Crippen LogP contribution in [0.4, 0.5) is 4.79 Å². The number of carbonyl (C=O) groups is 1. The summed E-state index contributed by atoms with van der Waals surface area (Å²) in [6, 6.07) is 5.29. The molecule has 0 saturated carbocycles. The summed E-state index contributed by atoms with van der Waals surface area (Å²) in [6.07, 6.45) is 0. The van der Waals surface area contributed by atoms with E-state index in [9.17, 15) is 9.59 Å². The number of aromatic nitrogens is 1. The Balaban J connectivity index is 1.64. The first-order valence-corrected chi connectivity index (χ1v) is 6.57. The Morgan fingerprint density at radius 3 is 2.95 bits per heavy atom. The molecule has 1 aliphatic rings. The van der Waals surface area contributed by atoms with Crippen molar-refractivity contribution in [1.82, 2.24) is 20.5 Å². The lowest BCUT2D eigenvalue weighted by Gasteiger charge is -2.27. The SMILES string of the molecule is O=C(NCc1ccc2oc(=O)[nH]c2c1)N1CCNCC1. The van der Waals surface area contributed by atoms with Gasteiger partial charge in [0.15, 0.2) is 5.58 Å². The predicted molar refractivity (Wildman–Crippen MR) is 73.5 cm³/mol. The Morgan fingerprint density at radius 2 is 2.15 bits per heavy atom. The summed E-state index contributed by atoms with van der Waals surface area (Å²) < 4.78 is 4.93. The summed E-state index contributed by atoms with van der Waals surface area (Å²) in [5.41, 5.74) is 2.08. The van der Waals surface area contributed by atoms with Gasteiger partial charge >= 0.3 is 11.8 Å². The van der Waals surface area contributed by atoms with Gasteiger partial charge in [-0.1, -0.05) is 6.07 Å². The first kappa shape index (κ1) is 12.7. The lowest BCUT2D eigenvalue weighted by molar-refractivity contribution is 0.190. The molecule has 2 amide bonds. The minimum atomic E-state index is -0.470. The van der Waals surface area contributed by atoms with Crippen molar-refractivity contribution in [2.45, 2.75) is 6.54 Å². The molecule has 3 N–H and O–H groups in total. The molecule has 0 atom stereocenters. The number of piperazine rings is 1. The van der Waals surface area contributed by atoms with Gasteiger partial charge in [0.1, 0.15) is 0 Å². The van der Waals surface area contributed by atoms with Crippen LogP contribution in [0.5, 0.6) is 0 Å². The van der Waals surface area contributed by atoms with Gasteiger partial charge in [0, 0.05) is 32.7 Å². The molecule has 7 heteroatoms. The Bertz CT molecular complexity index is 670. The van der Waals surface area contributed by atoms with Crippen molar-refractivity contribution in [2.24, 2.45) is 0 Å². The van der Waals surface area contributed by atoms with E-state index in [-0.39, 0.29) is 6.03 Å². The van der Waals surface area contributed by atoms with E-state index < -0.39 is 5.76 Å². The summed E-state index contributed by atoms with van der Waals surface area (Å²) in [4.78, 5) is 27.4. The second kappa shape index (κ2) is 5.38. The van der Waals surface area contributed by atoms with Crippen LogP contribution < -0.4 is 16.4 Å². The van der Waals surface area contributed by atoms with Gasteiger partial charge in [0.05, 0.1) is 5.52 Å². The van der Waals surface area contributed by atoms with Crippen LogP contribution >= 0.6 is 0 Å². The molecule has 0 aliphatic carbocycles. The van der Waals surface area contributed by atoms with Crippen LogP contribution in [-0.2, 0) is 6.54 Å². The molecule has 0 spiro atoms. The van der Waals surface area contributed by atoms with Crippen LogP contribution in [-0.4, -0.2) is 42.1 Å². The molecule has 0 bridgehead atoms. The average Bonchev–Trinajstić information content (AvgIpc) is 2.85. The van der Waals surface area contributed by atoms with Gasteiger partial charge < -0.3 is 20.0 Å². The summed E-state index contributed by atoms with van der Waals surface area (Å²) in [5, 5.41) is 6.08. The quantitative estimate of drug-likeness (QED) is 0.732. The van der Waals surface area contributed by atoms with E-state index in [2.05, 4.69) is 15.6 Å². The number of oxazole rings is 1. The van der Waals surface area contributed by atoms with E-state index in [1.807, 2.05) is 6.07 Å². The van der Waals surface area contributed by atoms with E-state index >= 15 is 0 Å². The highest BCUT2D eigenvalue weighted by Crippen LogP contribution is 2.12. The standard InChI is InChI=1S/C13H16N4O3/c18-12(17-5-3-14-4-6-17)15-8-9-1-2-11-10(7-9)16-13(19)20-11/h1-2,7,14H,3-6,8H2,(H,15,18)(H,16,19). The first-order chi connectivity index (χ1) is 9.72. The molecule has 2 heterocycles. The molecule has 2 aromatic rings. The van der Waals surface area contributed by atoms with Crippen LogP contribution in [0.15, 0.2) is 27.4 Å². The molecule has 1 aromatic heterocycles. The molecule has 0 unspecified atom stereocenters. The number of nitrogens with one attached hydrogen (secondary N) is 3. The fraction of sp³-hybridized carbons (Fsp3) is 0.385. The lowest BCUT2D eigenvalue weighted by atomic mass is 10.2. The molecule has 7 nitrogen and oxygen atoms in total. The highest BCUT2D eigenvalue weighted by atomic mass is 16.4. The maximum atomic E-state index is 11.9. The topological polar surface area (TPSA) is 90.4 Å². The number of H-pyrrole nitrogens is 1. The predicted octanol–water partition coefficient (Wildman–Crippen LogP) is 0.236. The normalized spacial score (nSPS) is 15.5. The first-order valence-electron chi connectivity index (χ1n) is 6.57. The molecule has 1 saturated heterocycles. The zero-order valence-corrected chi connectivity index (χ0v) is 10.9. The zero-order chi connectivity index (χ0) is 13.9. The summed E-state index contributed by atoms with van der Waals surface area (Å²) in [7, 11) is 0. The zero-order valence-electron chi connectivity index (χ0n) is 10.9. The van der Waals surface area contributed by atoms with Gasteiger partial charge in [-0.2, -0.15) is 0 Å². The molecular weight excluding hydrogens is 260 g/mol. The number of amides is 2. The van der Waals surface area contributed by atoms with Crippen LogP contribution in [0.1, 0.15) is 5.56 Å².